The largest absolute Gasteiger partial charge is 0.490 e. The second-order valence-corrected chi connectivity index (χ2v) is 8.84. The van der Waals surface area contributed by atoms with Crippen molar-refractivity contribution < 1.29 is 41.4 Å². The number of aliphatic carboxylic acids is 1. The van der Waals surface area contributed by atoms with E-state index in [0.29, 0.717) is 17.3 Å². The minimum atomic E-state index is -5.08. The van der Waals surface area contributed by atoms with Gasteiger partial charge in [0.1, 0.15) is 0 Å². The van der Waals surface area contributed by atoms with E-state index in [0.717, 1.165) is 17.4 Å². The van der Waals surface area contributed by atoms with Crippen molar-refractivity contribution in [3.63, 3.8) is 0 Å². The van der Waals surface area contributed by atoms with Crippen LogP contribution in [0.15, 0.2) is 59.6 Å². The maximum atomic E-state index is 11.6. The average Bonchev–Trinajstić information content (AvgIpc) is 2.74. The van der Waals surface area contributed by atoms with E-state index >= 15 is 0 Å². The highest BCUT2D eigenvalue weighted by Gasteiger charge is 2.38. The Morgan fingerprint density at radius 1 is 1.00 bits per heavy atom. The lowest BCUT2D eigenvalue weighted by molar-refractivity contribution is -0.192. The van der Waals surface area contributed by atoms with Gasteiger partial charge in [-0.3, -0.25) is 0 Å². The van der Waals surface area contributed by atoms with Gasteiger partial charge in [-0.1, -0.05) is 12.1 Å². The number of aromatic carboxylic acids is 1. The standard InChI is InChI=1S/C19H17N3O4S.C2HF3O2/c1-12-11-14(18(23)24)5-8-16(12)21-19-20-10-9-17(22-19)13-3-6-15(7-4-13)27(2,25)26;3-2(4,5)1(6)7/h3-11H,1-2H3,(H,23,24)(H,20,21,22);(H,6,7). The summed E-state index contributed by atoms with van der Waals surface area (Å²) < 4.78 is 54.9. The second-order valence-electron chi connectivity index (χ2n) is 6.82. The first-order valence-corrected chi connectivity index (χ1v) is 11.1. The number of aromatic nitrogens is 2. The van der Waals surface area contributed by atoms with Gasteiger partial charge in [0.15, 0.2) is 9.84 Å². The van der Waals surface area contributed by atoms with Crippen LogP contribution in [0.2, 0.25) is 0 Å². The Balaban J connectivity index is 0.000000509. The first-order valence-electron chi connectivity index (χ1n) is 9.23. The molecule has 3 aromatic rings. The molecule has 0 aliphatic heterocycles. The molecule has 0 unspecified atom stereocenters. The minimum absolute atomic E-state index is 0.207. The molecule has 0 spiro atoms. The number of carbonyl (C=O) groups is 2. The van der Waals surface area contributed by atoms with Crippen LogP contribution < -0.4 is 5.32 Å². The van der Waals surface area contributed by atoms with Gasteiger partial charge in [0.25, 0.3) is 0 Å². The van der Waals surface area contributed by atoms with Crippen molar-refractivity contribution in [2.75, 3.05) is 11.6 Å². The highest BCUT2D eigenvalue weighted by atomic mass is 32.2. The average molecular weight is 497 g/mol. The summed E-state index contributed by atoms with van der Waals surface area (Å²) >= 11 is 0. The first-order chi connectivity index (χ1) is 15.7. The lowest BCUT2D eigenvalue weighted by atomic mass is 10.1. The maximum absolute atomic E-state index is 11.6. The topological polar surface area (TPSA) is 147 Å². The molecule has 0 aliphatic carbocycles. The van der Waals surface area contributed by atoms with Crippen LogP contribution in [0.5, 0.6) is 0 Å². The zero-order valence-electron chi connectivity index (χ0n) is 17.7. The molecular formula is C21H18F3N3O6S. The minimum Gasteiger partial charge on any atom is -0.478 e. The van der Waals surface area contributed by atoms with Gasteiger partial charge in [-0.25, -0.2) is 28.0 Å². The summed E-state index contributed by atoms with van der Waals surface area (Å²) in [6.07, 6.45) is -2.33. The third-order valence-corrected chi connectivity index (χ3v) is 5.32. The number of benzene rings is 2. The summed E-state index contributed by atoms with van der Waals surface area (Å²) in [4.78, 5) is 28.8. The van der Waals surface area contributed by atoms with E-state index in [4.69, 9.17) is 15.0 Å². The van der Waals surface area contributed by atoms with Crippen molar-refractivity contribution in [1.29, 1.82) is 0 Å². The predicted octanol–water partition coefficient (Wildman–Crippen LogP) is 3.93. The summed E-state index contributed by atoms with van der Waals surface area (Å²) in [7, 11) is -3.25. The van der Waals surface area contributed by atoms with Crippen LogP contribution in [0.1, 0.15) is 15.9 Å². The summed E-state index contributed by atoms with van der Waals surface area (Å²) in [6.45, 7) is 1.79. The SMILES string of the molecule is Cc1cc(C(=O)O)ccc1Nc1nccc(-c2ccc(S(C)(=O)=O)cc2)n1.O=C(O)C(F)(F)F. The van der Waals surface area contributed by atoms with Crippen molar-refractivity contribution in [3.8, 4) is 11.3 Å². The van der Waals surface area contributed by atoms with Crippen molar-refractivity contribution in [1.82, 2.24) is 9.97 Å². The zero-order chi connectivity index (χ0) is 25.7. The molecule has 13 heteroatoms. The van der Waals surface area contributed by atoms with Gasteiger partial charge in [-0.05, 0) is 48.9 Å². The zero-order valence-corrected chi connectivity index (χ0v) is 18.5. The Morgan fingerprint density at radius 3 is 2.06 bits per heavy atom. The number of anilines is 2. The molecule has 34 heavy (non-hydrogen) atoms. The van der Waals surface area contributed by atoms with Crippen molar-refractivity contribution in [3.05, 3.63) is 65.9 Å². The second kappa shape index (κ2) is 10.3. The van der Waals surface area contributed by atoms with E-state index in [-0.39, 0.29) is 10.5 Å². The monoisotopic (exact) mass is 497 g/mol. The third-order valence-electron chi connectivity index (χ3n) is 4.20. The van der Waals surface area contributed by atoms with Gasteiger partial charge in [0.05, 0.1) is 16.2 Å². The molecule has 3 rings (SSSR count). The Kier molecular flexibility index (Phi) is 7.95. The highest BCUT2D eigenvalue weighted by Crippen LogP contribution is 2.23. The smallest absolute Gasteiger partial charge is 0.478 e. The number of carboxylic acid groups (broad SMARTS) is 2. The van der Waals surface area contributed by atoms with Crippen LogP contribution in [-0.4, -0.2) is 53.0 Å². The molecule has 0 fully saturated rings. The fourth-order valence-corrected chi connectivity index (χ4v) is 3.14. The fourth-order valence-electron chi connectivity index (χ4n) is 2.51. The number of aryl methyl sites for hydroxylation is 1. The molecule has 0 amide bonds. The normalized spacial score (nSPS) is 11.2. The van der Waals surface area contributed by atoms with Crippen LogP contribution in [0.25, 0.3) is 11.3 Å². The van der Waals surface area contributed by atoms with Crippen LogP contribution in [0.4, 0.5) is 24.8 Å². The number of hydrogen-bond acceptors (Lipinski definition) is 7. The summed E-state index contributed by atoms with van der Waals surface area (Å²) in [6, 6.07) is 12.9. The fraction of sp³-hybridized carbons (Fsp3) is 0.143. The van der Waals surface area contributed by atoms with E-state index in [1.807, 2.05) is 0 Å². The molecule has 0 aliphatic rings. The number of rotatable bonds is 5. The maximum Gasteiger partial charge on any atom is 0.490 e. The number of alkyl halides is 3. The quantitative estimate of drug-likeness (QED) is 0.477. The van der Waals surface area contributed by atoms with E-state index in [9.17, 15) is 26.4 Å². The third kappa shape index (κ3) is 7.27. The van der Waals surface area contributed by atoms with Crippen LogP contribution in [0, 0.1) is 6.92 Å². The van der Waals surface area contributed by atoms with E-state index in [1.165, 1.54) is 18.2 Å². The molecular weight excluding hydrogens is 479 g/mol. The molecule has 0 saturated heterocycles. The number of nitrogens with one attached hydrogen (secondary N) is 1. The molecule has 0 radical (unpaired) electrons. The van der Waals surface area contributed by atoms with Gasteiger partial charge in [0, 0.05) is 23.7 Å². The predicted molar refractivity (Wildman–Crippen MR) is 116 cm³/mol. The lowest BCUT2D eigenvalue weighted by Crippen LogP contribution is -2.21. The van der Waals surface area contributed by atoms with Gasteiger partial charge in [0.2, 0.25) is 5.95 Å². The van der Waals surface area contributed by atoms with Gasteiger partial charge in [-0.2, -0.15) is 13.2 Å². The van der Waals surface area contributed by atoms with E-state index < -0.39 is 28.0 Å². The van der Waals surface area contributed by atoms with Crippen LogP contribution >= 0.6 is 0 Å². The summed E-state index contributed by atoms with van der Waals surface area (Å²) in [5.41, 5.74) is 3.04. The van der Waals surface area contributed by atoms with Crippen molar-refractivity contribution >= 4 is 33.4 Å². The highest BCUT2D eigenvalue weighted by molar-refractivity contribution is 7.90. The van der Waals surface area contributed by atoms with Gasteiger partial charge in [-0.15, -0.1) is 0 Å². The van der Waals surface area contributed by atoms with Crippen LogP contribution in [-0.2, 0) is 14.6 Å². The number of hydrogen-bond donors (Lipinski definition) is 3. The Hall–Kier alpha value is -4.00. The number of sulfone groups is 1. The Morgan fingerprint density at radius 2 is 1.59 bits per heavy atom. The molecule has 9 nitrogen and oxygen atoms in total. The number of nitrogens with zero attached hydrogens (tertiary/aromatic N) is 2. The van der Waals surface area contributed by atoms with E-state index in [1.54, 1.807) is 43.5 Å². The molecule has 0 bridgehead atoms. The molecule has 1 heterocycles. The molecule has 0 saturated carbocycles. The van der Waals surface area contributed by atoms with Crippen LogP contribution in [0.3, 0.4) is 0 Å². The molecule has 3 N–H and O–H groups in total. The lowest BCUT2D eigenvalue weighted by Gasteiger charge is -2.10. The van der Waals surface area contributed by atoms with Crippen molar-refractivity contribution in [2.24, 2.45) is 0 Å². The molecule has 180 valence electrons. The van der Waals surface area contributed by atoms with Gasteiger partial charge < -0.3 is 15.5 Å². The summed E-state index contributed by atoms with van der Waals surface area (Å²) in [5.74, 6) is -3.39. The molecule has 2 aromatic carbocycles. The van der Waals surface area contributed by atoms with Gasteiger partial charge >= 0.3 is 18.1 Å². The van der Waals surface area contributed by atoms with E-state index in [2.05, 4.69) is 15.3 Å². The molecule has 1 aromatic heterocycles. The number of carboxylic acids is 2. The Bertz CT molecular complexity index is 1310. The number of halogens is 3. The first kappa shape index (κ1) is 26.3. The summed E-state index contributed by atoms with van der Waals surface area (Å²) in [5, 5.41) is 19.2. The Labute approximate surface area is 191 Å². The van der Waals surface area contributed by atoms with Crippen molar-refractivity contribution in [2.45, 2.75) is 18.0 Å². The molecule has 0 atom stereocenters.